The van der Waals surface area contributed by atoms with Crippen molar-refractivity contribution >= 4 is 35.1 Å². The van der Waals surface area contributed by atoms with Crippen LogP contribution in [0.3, 0.4) is 0 Å². The molecule has 4 heterocycles. The molecule has 2 amide bonds. The number of carboxylic acid groups (broad SMARTS) is 2. The molecule has 4 aromatic heterocycles. The highest BCUT2D eigenvalue weighted by Crippen LogP contribution is 2.31. The Kier molecular flexibility index (Phi) is 17.7. The summed E-state index contributed by atoms with van der Waals surface area (Å²) in [7, 11) is 0. The average Bonchev–Trinajstić information content (AvgIpc) is 4.13. The SMILES string of the molecule is [2H]C(C)(C)N(Cc1ccccc1OCCCCCC(=O)O)C(=O)c1ccc(-c2ccco2)s1.[2H]C([2H])(c1ccccc1OCCCCCC(=O)O)N(C(=O)c1ccc(-c2ccco2)nc1)C(C)C. The lowest BCUT2D eigenvalue weighted by Crippen LogP contribution is -2.36. The molecule has 0 unspecified atom stereocenters. The molecule has 0 saturated carbocycles. The molecule has 6 rings (SSSR count). The van der Waals surface area contributed by atoms with Crippen molar-refractivity contribution in [1.29, 1.82) is 0 Å². The molecule has 0 radical (unpaired) electrons. The van der Waals surface area contributed by atoms with Crippen LogP contribution in [0.2, 0.25) is 0 Å². The Morgan fingerprint density at radius 1 is 0.677 bits per heavy atom. The zero-order chi connectivity index (χ0) is 49.3. The Balaban J connectivity index is 0.000000255. The van der Waals surface area contributed by atoms with Gasteiger partial charge in [-0.1, -0.05) is 36.4 Å². The van der Waals surface area contributed by atoms with Crippen LogP contribution in [0.5, 0.6) is 11.5 Å². The molecule has 13 nitrogen and oxygen atoms in total. The third-order valence-electron chi connectivity index (χ3n) is 9.90. The highest BCUT2D eigenvalue weighted by molar-refractivity contribution is 7.17. The number of rotatable bonds is 24. The molecular weight excluding hydrogens is 847 g/mol. The standard InChI is InChI=1S/C26H30N2O5.C25H29NO5S/c1-19(2)28(26(31)20-13-14-22(27-17-20)24-11-8-16-33-24)18-21-9-5-6-10-23(21)32-15-7-3-4-12-25(29)30;1-18(2)26(25(29)23-14-13-22(32-23)21-11-8-16-31-21)17-19-9-5-6-10-20(19)30-15-7-3-4-12-24(27)28/h5-6,8-11,13-14,16-17,19H,3-4,7,12,15,18H2,1-2H3,(H,29,30);5-6,8-11,13-14,16,18H,3-4,7,12,15,17H2,1-2H3,(H,27,28)/i18D2;18D. The molecule has 0 bridgehead atoms. The number of hydrogen-bond acceptors (Lipinski definition) is 10. The van der Waals surface area contributed by atoms with Crippen LogP contribution in [0.25, 0.3) is 22.1 Å². The van der Waals surface area contributed by atoms with Gasteiger partial charge >= 0.3 is 11.9 Å². The van der Waals surface area contributed by atoms with Gasteiger partial charge in [-0.05, 0) is 127 Å². The molecule has 0 aliphatic heterocycles. The second-order valence-electron chi connectivity index (χ2n) is 15.5. The number of nitrogens with zero attached hydrogens (tertiary/aromatic N) is 3. The molecule has 2 aromatic carbocycles. The lowest BCUT2D eigenvalue weighted by atomic mass is 10.1. The maximum Gasteiger partial charge on any atom is 0.303 e. The number of carboxylic acids is 2. The number of benzene rings is 2. The molecule has 0 aliphatic carbocycles. The van der Waals surface area contributed by atoms with Crippen molar-refractivity contribution in [3.05, 3.63) is 137 Å². The van der Waals surface area contributed by atoms with E-state index in [1.165, 1.54) is 27.3 Å². The fraction of sp³-hybridized carbons (Fsp3) is 0.353. The number of thiophene rings is 1. The first kappa shape index (κ1) is 44.9. The largest absolute Gasteiger partial charge is 0.493 e. The number of furan rings is 2. The van der Waals surface area contributed by atoms with E-state index in [0.29, 0.717) is 72.5 Å². The summed E-state index contributed by atoms with van der Waals surface area (Å²) in [6, 6.07) is 26.7. The summed E-state index contributed by atoms with van der Waals surface area (Å²) in [5.74, 6) is -0.0272. The van der Waals surface area contributed by atoms with Gasteiger partial charge in [-0.3, -0.25) is 24.2 Å². The minimum Gasteiger partial charge on any atom is -0.493 e. The lowest BCUT2D eigenvalue weighted by molar-refractivity contribution is -0.138. The van der Waals surface area contributed by atoms with Crippen LogP contribution in [0.15, 0.2) is 125 Å². The third-order valence-corrected chi connectivity index (χ3v) is 11.0. The van der Waals surface area contributed by atoms with Gasteiger partial charge in [0.15, 0.2) is 5.76 Å². The van der Waals surface area contributed by atoms with Gasteiger partial charge < -0.3 is 38.3 Å². The van der Waals surface area contributed by atoms with E-state index in [-0.39, 0.29) is 36.4 Å². The van der Waals surface area contributed by atoms with Crippen LogP contribution in [0.1, 0.15) is 114 Å². The summed E-state index contributed by atoms with van der Waals surface area (Å²) in [6.45, 7) is 5.75. The fourth-order valence-electron chi connectivity index (χ4n) is 6.45. The van der Waals surface area contributed by atoms with Gasteiger partial charge in [0.2, 0.25) is 0 Å². The van der Waals surface area contributed by atoms with Gasteiger partial charge in [0.25, 0.3) is 11.8 Å². The van der Waals surface area contributed by atoms with Gasteiger partial charge in [-0.2, -0.15) is 0 Å². The predicted molar refractivity (Wildman–Crippen MR) is 250 cm³/mol. The molecule has 14 heteroatoms. The number of pyridine rings is 1. The van der Waals surface area contributed by atoms with Crippen LogP contribution in [-0.4, -0.2) is 74.0 Å². The summed E-state index contributed by atoms with van der Waals surface area (Å²) in [5, 5.41) is 17.5. The Morgan fingerprint density at radius 2 is 1.26 bits per heavy atom. The van der Waals surface area contributed by atoms with Crippen molar-refractivity contribution < 1.29 is 51.8 Å². The molecule has 0 spiro atoms. The summed E-state index contributed by atoms with van der Waals surface area (Å²) in [4.78, 5) is 56.5. The van der Waals surface area contributed by atoms with Crippen LogP contribution in [-0.2, 0) is 22.6 Å². The second kappa shape index (κ2) is 25.6. The van der Waals surface area contributed by atoms with Crippen molar-refractivity contribution in [2.24, 2.45) is 0 Å². The third kappa shape index (κ3) is 15.5. The van der Waals surface area contributed by atoms with Crippen LogP contribution < -0.4 is 9.47 Å². The van der Waals surface area contributed by atoms with E-state index in [2.05, 4.69) is 4.98 Å². The summed E-state index contributed by atoms with van der Waals surface area (Å²) in [5.41, 5.74) is 1.90. The number of unbranched alkanes of at least 4 members (excludes halogenated alkanes) is 4. The molecule has 65 heavy (non-hydrogen) atoms. The first-order chi connectivity index (χ1) is 32.5. The number of hydrogen-bond donors (Lipinski definition) is 2. The second-order valence-corrected chi connectivity index (χ2v) is 16.6. The highest BCUT2D eigenvalue weighted by Gasteiger charge is 2.24. The zero-order valence-corrected chi connectivity index (χ0v) is 38.1. The Morgan fingerprint density at radius 3 is 1.80 bits per heavy atom. The Labute approximate surface area is 388 Å². The zero-order valence-electron chi connectivity index (χ0n) is 40.2. The van der Waals surface area contributed by atoms with E-state index < -0.39 is 36.4 Å². The van der Waals surface area contributed by atoms with Gasteiger partial charge in [0, 0.05) is 55.3 Å². The first-order valence-electron chi connectivity index (χ1n) is 23.1. The van der Waals surface area contributed by atoms with E-state index in [0.717, 1.165) is 23.3 Å². The number of para-hydroxylation sites is 2. The first-order valence-corrected chi connectivity index (χ1v) is 22.4. The number of carbonyl (C=O) groups is 4. The quantitative estimate of drug-likeness (QED) is 0.0553. The predicted octanol–water partition coefficient (Wildman–Crippen LogP) is 11.5. The van der Waals surface area contributed by atoms with E-state index >= 15 is 0 Å². The minimum absolute atomic E-state index is 0.113. The molecular formula is C51H59N3O10S. The highest BCUT2D eigenvalue weighted by atomic mass is 32.1. The van der Waals surface area contributed by atoms with E-state index in [1.807, 2.05) is 36.4 Å². The van der Waals surface area contributed by atoms with Gasteiger partial charge in [-0.25, -0.2) is 0 Å². The molecule has 2 N–H and O–H groups in total. The minimum atomic E-state index is -2.16. The molecule has 0 atom stereocenters. The van der Waals surface area contributed by atoms with Crippen molar-refractivity contribution in [1.82, 2.24) is 14.8 Å². The van der Waals surface area contributed by atoms with E-state index in [4.69, 9.17) is 32.6 Å². The van der Waals surface area contributed by atoms with Gasteiger partial charge in [0.1, 0.15) is 23.0 Å². The summed E-state index contributed by atoms with van der Waals surface area (Å²) in [6.07, 6.45) is 8.88. The number of ether oxygens (including phenoxy) is 2. The van der Waals surface area contributed by atoms with Crippen LogP contribution in [0.4, 0.5) is 0 Å². The molecule has 6 aromatic rings. The Bertz CT molecular complexity index is 2520. The van der Waals surface area contributed by atoms with Crippen molar-refractivity contribution in [3.63, 3.8) is 0 Å². The number of aromatic nitrogens is 1. The van der Waals surface area contributed by atoms with Gasteiger partial charge in [0.05, 0.1) is 45.2 Å². The molecule has 0 saturated heterocycles. The van der Waals surface area contributed by atoms with Crippen LogP contribution >= 0.6 is 11.3 Å². The fourth-order valence-corrected chi connectivity index (χ4v) is 7.37. The monoisotopic (exact) mass is 908 g/mol. The van der Waals surface area contributed by atoms with E-state index in [1.54, 1.807) is 101 Å². The van der Waals surface area contributed by atoms with Crippen molar-refractivity contribution in [2.75, 3.05) is 13.2 Å². The maximum atomic E-state index is 13.4. The summed E-state index contributed by atoms with van der Waals surface area (Å²) >= 11 is 1.34. The molecule has 0 aliphatic rings. The topological polar surface area (TPSA) is 173 Å². The average molecular weight is 909 g/mol. The van der Waals surface area contributed by atoms with Crippen LogP contribution in [0, 0.1) is 0 Å². The number of amides is 2. The van der Waals surface area contributed by atoms with Crippen molar-refractivity contribution in [3.8, 4) is 33.6 Å². The number of carbonyl (C=O) groups excluding carboxylic acids is 2. The van der Waals surface area contributed by atoms with E-state index in [9.17, 15) is 19.2 Å². The Hall–Kier alpha value is -6.67. The normalized spacial score (nSPS) is 12.0. The van der Waals surface area contributed by atoms with Crippen molar-refractivity contribution in [2.45, 2.75) is 104 Å². The maximum absolute atomic E-state index is 13.4. The summed E-state index contributed by atoms with van der Waals surface area (Å²) < 4.78 is 49.0. The van der Waals surface area contributed by atoms with Gasteiger partial charge in [-0.15, -0.1) is 11.3 Å². The smallest absolute Gasteiger partial charge is 0.303 e. The molecule has 0 fully saturated rings. The number of aliphatic carboxylic acids is 2. The lowest BCUT2D eigenvalue weighted by Gasteiger charge is -2.28. The molecule has 344 valence electrons.